The fraction of sp³-hybridized carbons (Fsp3) is 0.280. The van der Waals surface area contributed by atoms with Gasteiger partial charge in [-0.25, -0.2) is 0 Å². The molecule has 0 fully saturated rings. The smallest absolute Gasteiger partial charge is 0.112 e. The summed E-state index contributed by atoms with van der Waals surface area (Å²) in [5.74, 6) is 0. The molecule has 0 N–H and O–H groups in total. The zero-order valence-electron chi connectivity index (χ0n) is 16.1. The van der Waals surface area contributed by atoms with Crippen LogP contribution in [0.15, 0.2) is 78.9 Å². The Kier molecular flexibility index (Phi) is 3.75. The van der Waals surface area contributed by atoms with E-state index in [2.05, 4.69) is 103 Å². The van der Waals surface area contributed by atoms with Crippen LogP contribution in [0.4, 0.5) is 22.7 Å². The molecule has 1 atom stereocenters. The van der Waals surface area contributed by atoms with E-state index in [1.807, 2.05) is 0 Å². The molecule has 0 aliphatic carbocycles. The molecule has 2 heterocycles. The standard InChI is InChI=1S/C25H26N2/c1-3-25(4-2)18-24-26(19-12-6-5-7-13-19)22-16-10-11-17-23(22)27(24)21-15-9-8-14-20(21)25/h5-17,24H,3-4,18H2,1-2H3. The van der Waals surface area contributed by atoms with Gasteiger partial charge in [-0.05, 0) is 55.2 Å². The molecule has 0 saturated carbocycles. The number of nitrogens with zero attached hydrogens (tertiary/aromatic N) is 2. The van der Waals surface area contributed by atoms with E-state index in [0.717, 1.165) is 6.42 Å². The fourth-order valence-electron chi connectivity index (χ4n) is 5.19. The van der Waals surface area contributed by atoms with Gasteiger partial charge in [0, 0.05) is 16.8 Å². The Morgan fingerprint density at radius 1 is 0.704 bits per heavy atom. The molecule has 2 nitrogen and oxygen atoms in total. The summed E-state index contributed by atoms with van der Waals surface area (Å²) >= 11 is 0. The lowest BCUT2D eigenvalue weighted by Crippen LogP contribution is -2.48. The molecule has 0 aromatic heterocycles. The van der Waals surface area contributed by atoms with E-state index in [1.165, 1.54) is 41.2 Å². The van der Waals surface area contributed by atoms with Crippen molar-refractivity contribution in [2.45, 2.75) is 44.7 Å². The second kappa shape index (κ2) is 6.16. The summed E-state index contributed by atoms with van der Waals surface area (Å²) < 4.78 is 0. The molecular weight excluding hydrogens is 328 g/mol. The van der Waals surface area contributed by atoms with Crippen molar-refractivity contribution in [3.05, 3.63) is 84.4 Å². The minimum atomic E-state index is 0.229. The summed E-state index contributed by atoms with van der Waals surface area (Å²) in [6.07, 6.45) is 3.80. The van der Waals surface area contributed by atoms with Crippen LogP contribution in [0.1, 0.15) is 38.7 Å². The summed E-state index contributed by atoms with van der Waals surface area (Å²) in [7, 11) is 0. The molecule has 0 radical (unpaired) electrons. The van der Waals surface area contributed by atoms with Crippen LogP contribution in [0.2, 0.25) is 0 Å². The molecule has 27 heavy (non-hydrogen) atoms. The average Bonchev–Trinajstić information content (AvgIpc) is 3.07. The molecule has 1 unspecified atom stereocenters. The summed E-state index contributed by atoms with van der Waals surface area (Å²) in [5, 5.41) is 0. The third-order valence-electron chi connectivity index (χ3n) is 6.69. The summed E-state index contributed by atoms with van der Waals surface area (Å²) in [6, 6.07) is 28.8. The lowest BCUT2D eigenvalue weighted by Gasteiger charge is -2.47. The number of hydrogen-bond donors (Lipinski definition) is 0. The van der Waals surface area contributed by atoms with E-state index in [0.29, 0.717) is 6.17 Å². The zero-order valence-corrected chi connectivity index (χ0v) is 16.1. The van der Waals surface area contributed by atoms with E-state index in [-0.39, 0.29) is 5.41 Å². The zero-order chi connectivity index (χ0) is 18.4. The molecular formula is C25H26N2. The molecule has 0 bridgehead atoms. The van der Waals surface area contributed by atoms with Crippen molar-refractivity contribution in [3.8, 4) is 0 Å². The molecule has 2 aliphatic rings. The Morgan fingerprint density at radius 2 is 1.26 bits per heavy atom. The Morgan fingerprint density at radius 3 is 1.93 bits per heavy atom. The second-order valence-electron chi connectivity index (χ2n) is 7.75. The van der Waals surface area contributed by atoms with E-state index in [4.69, 9.17) is 0 Å². The number of fused-ring (bicyclic) bond motifs is 5. The van der Waals surface area contributed by atoms with Gasteiger partial charge < -0.3 is 9.80 Å². The Balaban J connectivity index is 1.76. The lowest BCUT2D eigenvalue weighted by atomic mass is 9.69. The number of para-hydroxylation sites is 4. The number of hydrogen-bond acceptors (Lipinski definition) is 2. The molecule has 2 aliphatic heterocycles. The van der Waals surface area contributed by atoms with Gasteiger partial charge in [-0.3, -0.25) is 0 Å². The fourth-order valence-corrected chi connectivity index (χ4v) is 5.19. The molecule has 5 rings (SSSR count). The summed E-state index contributed by atoms with van der Waals surface area (Å²) in [4.78, 5) is 5.12. The topological polar surface area (TPSA) is 6.48 Å². The highest BCUT2D eigenvalue weighted by Crippen LogP contribution is 2.56. The maximum Gasteiger partial charge on any atom is 0.112 e. The minimum Gasteiger partial charge on any atom is -0.318 e. The molecule has 3 aromatic rings. The van der Waals surface area contributed by atoms with Crippen molar-refractivity contribution < 1.29 is 0 Å². The van der Waals surface area contributed by atoms with Gasteiger partial charge >= 0.3 is 0 Å². The quantitative estimate of drug-likeness (QED) is 0.512. The van der Waals surface area contributed by atoms with Gasteiger partial charge in [-0.15, -0.1) is 0 Å². The van der Waals surface area contributed by atoms with Crippen molar-refractivity contribution in [2.75, 3.05) is 9.80 Å². The molecule has 136 valence electrons. The maximum atomic E-state index is 2.57. The predicted molar refractivity (Wildman–Crippen MR) is 114 cm³/mol. The minimum absolute atomic E-state index is 0.229. The first-order valence-electron chi connectivity index (χ1n) is 10.1. The maximum absolute atomic E-state index is 2.57. The monoisotopic (exact) mass is 354 g/mol. The highest BCUT2D eigenvalue weighted by Gasteiger charge is 2.48. The van der Waals surface area contributed by atoms with Crippen LogP contribution in [0.25, 0.3) is 0 Å². The number of anilines is 4. The Bertz CT molecular complexity index is 959. The van der Waals surface area contributed by atoms with Crippen LogP contribution in [0, 0.1) is 0 Å². The lowest BCUT2D eigenvalue weighted by molar-refractivity contribution is 0.322. The van der Waals surface area contributed by atoms with Gasteiger partial charge in [0.05, 0.1) is 11.4 Å². The molecule has 0 saturated heterocycles. The van der Waals surface area contributed by atoms with Gasteiger partial charge in [0.2, 0.25) is 0 Å². The predicted octanol–water partition coefficient (Wildman–Crippen LogP) is 6.76. The third-order valence-corrected chi connectivity index (χ3v) is 6.69. The van der Waals surface area contributed by atoms with Crippen molar-refractivity contribution >= 4 is 22.7 Å². The Labute approximate surface area is 162 Å². The van der Waals surface area contributed by atoms with Crippen molar-refractivity contribution in [1.82, 2.24) is 0 Å². The van der Waals surface area contributed by atoms with Crippen molar-refractivity contribution in [1.29, 1.82) is 0 Å². The third kappa shape index (κ3) is 2.26. The van der Waals surface area contributed by atoms with E-state index < -0.39 is 0 Å². The normalized spacial score (nSPS) is 19.4. The summed E-state index contributed by atoms with van der Waals surface area (Å²) in [6.45, 7) is 4.70. The highest BCUT2D eigenvalue weighted by molar-refractivity contribution is 5.90. The number of rotatable bonds is 3. The first-order chi connectivity index (χ1) is 13.3. The Hall–Kier alpha value is -2.74. The molecule has 0 spiro atoms. The van der Waals surface area contributed by atoms with Crippen LogP contribution >= 0.6 is 0 Å². The first-order valence-corrected chi connectivity index (χ1v) is 10.1. The molecule has 3 aromatic carbocycles. The van der Waals surface area contributed by atoms with E-state index >= 15 is 0 Å². The van der Waals surface area contributed by atoms with Gasteiger partial charge in [-0.1, -0.05) is 62.4 Å². The summed E-state index contributed by atoms with van der Waals surface area (Å²) in [5.41, 5.74) is 7.02. The van der Waals surface area contributed by atoms with Crippen LogP contribution in [-0.2, 0) is 5.41 Å². The average molecular weight is 354 g/mol. The van der Waals surface area contributed by atoms with Crippen molar-refractivity contribution in [2.24, 2.45) is 0 Å². The van der Waals surface area contributed by atoms with Gasteiger partial charge in [0.25, 0.3) is 0 Å². The van der Waals surface area contributed by atoms with Gasteiger partial charge in [0.15, 0.2) is 0 Å². The molecule has 2 heteroatoms. The molecule has 0 amide bonds. The highest BCUT2D eigenvalue weighted by atomic mass is 15.4. The van der Waals surface area contributed by atoms with Crippen LogP contribution in [0.5, 0.6) is 0 Å². The second-order valence-corrected chi connectivity index (χ2v) is 7.75. The van der Waals surface area contributed by atoms with Crippen LogP contribution < -0.4 is 9.80 Å². The van der Waals surface area contributed by atoms with Crippen LogP contribution in [-0.4, -0.2) is 6.17 Å². The van der Waals surface area contributed by atoms with E-state index in [9.17, 15) is 0 Å². The van der Waals surface area contributed by atoms with Crippen molar-refractivity contribution in [3.63, 3.8) is 0 Å². The van der Waals surface area contributed by atoms with Crippen LogP contribution in [0.3, 0.4) is 0 Å². The number of benzene rings is 3. The van der Waals surface area contributed by atoms with Gasteiger partial charge in [0.1, 0.15) is 6.17 Å². The first kappa shape index (κ1) is 16.4. The largest absolute Gasteiger partial charge is 0.318 e. The SMILES string of the molecule is CCC1(CC)CC2N(c3ccccc3)c3ccccc3N2c2ccccc21. The van der Waals surface area contributed by atoms with E-state index in [1.54, 1.807) is 0 Å². The van der Waals surface area contributed by atoms with Gasteiger partial charge in [-0.2, -0.15) is 0 Å².